The Hall–Kier alpha value is -2.11. The zero-order chi connectivity index (χ0) is 15.9. The van der Waals surface area contributed by atoms with E-state index in [4.69, 9.17) is 21.1 Å². The molecular weight excluding hydrogens is 309 g/mol. The van der Waals surface area contributed by atoms with Gasteiger partial charge in [-0.15, -0.1) is 0 Å². The maximum Gasteiger partial charge on any atom is 0.259 e. The SMILES string of the molecule is COCCOc1ccccc1C(=O)Nc1ccc(F)cc1Cl. The lowest BCUT2D eigenvalue weighted by Crippen LogP contribution is -2.15. The monoisotopic (exact) mass is 323 g/mol. The minimum Gasteiger partial charge on any atom is -0.490 e. The first kappa shape index (κ1) is 16.3. The molecule has 4 nitrogen and oxygen atoms in total. The first-order valence-corrected chi connectivity index (χ1v) is 6.97. The van der Waals surface area contributed by atoms with Crippen LogP contribution in [0.5, 0.6) is 5.75 Å². The van der Waals surface area contributed by atoms with Crippen LogP contribution in [0.1, 0.15) is 10.4 Å². The number of nitrogens with one attached hydrogen (secondary N) is 1. The Morgan fingerprint density at radius 2 is 2.00 bits per heavy atom. The molecule has 2 aromatic carbocycles. The molecule has 1 amide bonds. The molecule has 0 heterocycles. The smallest absolute Gasteiger partial charge is 0.259 e. The lowest BCUT2D eigenvalue weighted by molar-refractivity contribution is 0.101. The lowest BCUT2D eigenvalue weighted by Gasteiger charge is -2.12. The average molecular weight is 324 g/mol. The number of ether oxygens (including phenoxy) is 2. The van der Waals surface area contributed by atoms with Crippen molar-refractivity contribution < 1.29 is 18.7 Å². The summed E-state index contributed by atoms with van der Waals surface area (Å²) in [5.41, 5.74) is 0.693. The molecule has 0 aliphatic heterocycles. The Bertz CT molecular complexity index is 664. The van der Waals surface area contributed by atoms with E-state index in [9.17, 15) is 9.18 Å². The molecule has 0 atom stereocenters. The van der Waals surface area contributed by atoms with Crippen molar-refractivity contribution in [1.29, 1.82) is 0 Å². The van der Waals surface area contributed by atoms with Crippen molar-refractivity contribution in [1.82, 2.24) is 0 Å². The second kappa shape index (κ2) is 7.77. The molecule has 1 N–H and O–H groups in total. The van der Waals surface area contributed by atoms with Crippen LogP contribution in [-0.4, -0.2) is 26.2 Å². The van der Waals surface area contributed by atoms with Crippen molar-refractivity contribution in [2.75, 3.05) is 25.6 Å². The molecule has 0 radical (unpaired) electrons. The first-order valence-electron chi connectivity index (χ1n) is 6.59. The van der Waals surface area contributed by atoms with E-state index in [-0.39, 0.29) is 10.9 Å². The Kier molecular flexibility index (Phi) is 5.75. The third-order valence-corrected chi connectivity index (χ3v) is 3.17. The van der Waals surface area contributed by atoms with Crippen molar-refractivity contribution in [2.45, 2.75) is 0 Å². The number of carbonyl (C=O) groups is 1. The van der Waals surface area contributed by atoms with Crippen LogP contribution in [0.25, 0.3) is 0 Å². The van der Waals surface area contributed by atoms with Gasteiger partial charge in [-0.1, -0.05) is 23.7 Å². The molecule has 0 fully saturated rings. The normalized spacial score (nSPS) is 10.3. The summed E-state index contributed by atoms with van der Waals surface area (Å²) in [5.74, 6) is -0.414. The molecule has 0 aliphatic rings. The summed E-state index contributed by atoms with van der Waals surface area (Å²) in [7, 11) is 1.57. The number of benzene rings is 2. The van der Waals surface area contributed by atoms with E-state index in [0.29, 0.717) is 30.2 Å². The summed E-state index contributed by atoms with van der Waals surface area (Å²) in [6.45, 7) is 0.748. The fourth-order valence-electron chi connectivity index (χ4n) is 1.80. The molecule has 6 heteroatoms. The van der Waals surface area contributed by atoms with Crippen molar-refractivity contribution in [2.24, 2.45) is 0 Å². The fraction of sp³-hybridized carbons (Fsp3) is 0.188. The number of anilines is 1. The van der Waals surface area contributed by atoms with E-state index < -0.39 is 5.82 Å². The third-order valence-electron chi connectivity index (χ3n) is 2.86. The number of amides is 1. The van der Waals surface area contributed by atoms with Crippen LogP contribution in [0.3, 0.4) is 0 Å². The Balaban J connectivity index is 2.15. The van der Waals surface area contributed by atoms with E-state index in [0.717, 1.165) is 6.07 Å². The molecule has 0 aliphatic carbocycles. The summed E-state index contributed by atoms with van der Waals surface area (Å²) in [6.07, 6.45) is 0. The second-order valence-corrected chi connectivity index (χ2v) is 4.82. The minimum atomic E-state index is -0.466. The van der Waals surface area contributed by atoms with E-state index in [1.807, 2.05) is 0 Å². The van der Waals surface area contributed by atoms with Gasteiger partial charge in [0.05, 0.1) is 22.9 Å². The van der Waals surface area contributed by atoms with Gasteiger partial charge in [0, 0.05) is 7.11 Å². The van der Waals surface area contributed by atoms with Gasteiger partial charge in [-0.25, -0.2) is 4.39 Å². The molecule has 116 valence electrons. The fourth-order valence-corrected chi connectivity index (χ4v) is 2.01. The number of carbonyl (C=O) groups excluding carboxylic acids is 1. The van der Waals surface area contributed by atoms with Crippen molar-refractivity contribution in [3.63, 3.8) is 0 Å². The zero-order valence-corrected chi connectivity index (χ0v) is 12.7. The van der Waals surface area contributed by atoms with Gasteiger partial charge >= 0.3 is 0 Å². The maximum atomic E-state index is 13.0. The highest BCUT2D eigenvalue weighted by molar-refractivity contribution is 6.34. The standard InChI is InChI=1S/C16H15ClFNO3/c1-21-8-9-22-15-5-3-2-4-12(15)16(20)19-14-7-6-11(18)10-13(14)17/h2-7,10H,8-9H2,1H3,(H,19,20). The number of rotatable bonds is 6. The highest BCUT2D eigenvalue weighted by Crippen LogP contribution is 2.25. The molecule has 0 saturated heterocycles. The van der Waals surface area contributed by atoms with Crippen molar-refractivity contribution >= 4 is 23.2 Å². The van der Waals surface area contributed by atoms with Gasteiger partial charge in [0.15, 0.2) is 0 Å². The topological polar surface area (TPSA) is 47.6 Å². The maximum absolute atomic E-state index is 13.0. The van der Waals surface area contributed by atoms with E-state index in [1.54, 1.807) is 31.4 Å². The summed E-state index contributed by atoms with van der Waals surface area (Å²) >= 11 is 5.90. The number of methoxy groups -OCH3 is 1. The zero-order valence-electron chi connectivity index (χ0n) is 11.9. The molecule has 0 spiro atoms. The van der Waals surface area contributed by atoms with E-state index >= 15 is 0 Å². The Labute approximate surface area is 132 Å². The van der Waals surface area contributed by atoms with Crippen LogP contribution in [0.4, 0.5) is 10.1 Å². The number of hydrogen-bond acceptors (Lipinski definition) is 3. The van der Waals surface area contributed by atoms with Crippen LogP contribution in [0.2, 0.25) is 5.02 Å². The Morgan fingerprint density at radius 1 is 1.23 bits per heavy atom. The molecule has 0 aromatic heterocycles. The van der Waals surface area contributed by atoms with Crippen LogP contribution in [0, 0.1) is 5.82 Å². The average Bonchev–Trinajstić information content (AvgIpc) is 2.51. The van der Waals surface area contributed by atoms with Crippen molar-refractivity contribution in [3.8, 4) is 5.75 Å². The van der Waals surface area contributed by atoms with Gasteiger partial charge < -0.3 is 14.8 Å². The molecule has 0 saturated carbocycles. The van der Waals surface area contributed by atoms with Gasteiger partial charge in [0.1, 0.15) is 18.2 Å². The number of para-hydroxylation sites is 1. The number of hydrogen-bond donors (Lipinski definition) is 1. The minimum absolute atomic E-state index is 0.131. The third kappa shape index (κ3) is 4.19. The molecular formula is C16H15ClFNO3. The van der Waals surface area contributed by atoms with Crippen LogP contribution < -0.4 is 10.1 Å². The first-order chi connectivity index (χ1) is 10.6. The molecule has 2 aromatic rings. The van der Waals surface area contributed by atoms with Crippen LogP contribution in [0.15, 0.2) is 42.5 Å². The second-order valence-electron chi connectivity index (χ2n) is 4.42. The predicted molar refractivity (Wildman–Crippen MR) is 83.2 cm³/mol. The molecule has 0 unspecified atom stereocenters. The van der Waals surface area contributed by atoms with Gasteiger partial charge in [-0.2, -0.15) is 0 Å². The highest BCUT2D eigenvalue weighted by atomic mass is 35.5. The largest absolute Gasteiger partial charge is 0.490 e. The number of halogens is 2. The summed E-state index contributed by atoms with van der Waals surface area (Å²) in [4.78, 5) is 12.3. The molecule has 22 heavy (non-hydrogen) atoms. The van der Waals surface area contributed by atoms with Crippen LogP contribution in [-0.2, 0) is 4.74 Å². The van der Waals surface area contributed by atoms with E-state index in [1.165, 1.54) is 12.1 Å². The van der Waals surface area contributed by atoms with Gasteiger partial charge in [0.2, 0.25) is 0 Å². The van der Waals surface area contributed by atoms with Crippen LogP contribution >= 0.6 is 11.6 Å². The summed E-state index contributed by atoms with van der Waals surface area (Å²) in [5, 5.41) is 2.77. The highest BCUT2D eigenvalue weighted by Gasteiger charge is 2.14. The summed E-state index contributed by atoms with van der Waals surface area (Å²) < 4.78 is 23.4. The quantitative estimate of drug-likeness (QED) is 0.823. The van der Waals surface area contributed by atoms with E-state index in [2.05, 4.69) is 5.32 Å². The van der Waals surface area contributed by atoms with Gasteiger partial charge in [-0.05, 0) is 30.3 Å². The molecule has 0 bridgehead atoms. The molecule has 2 rings (SSSR count). The Morgan fingerprint density at radius 3 is 2.73 bits per heavy atom. The van der Waals surface area contributed by atoms with Crippen molar-refractivity contribution in [3.05, 3.63) is 58.9 Å². The lowest BCUT2D eigenvalue weighted by atomic mass is 10.2. The van der Waals surface area contributed by atoms with Gasteiger partial charge in [0.25, 0.3) is 5.91 Å². The summed E-state index contributed by atoms with van der Waals surface area (Å²) in [6, 6.07) is 10.6. The predicted octanol–water partition coefficient (Wildman–Crippen LogP) is 3.76. The van der Waals surface area contributed by atoms with Gasteiger partial charge in [-0.3, -0.25) is 4.79 Å².